The lowest BCUT2D eigenvalue weighted by Gasteiger charge is -2.21. The molecule has 184 valence electrons. The topological polar surface area (TPSA) is 82.6 Å². The number of hydrogen-bond acceptors (Lipinski definition) is 6. The lowest BCUT2D eigenvalue weighted by atomic mass is 10.2. The fourth-order valence-corrected chi connectivity index (χ4v) is 4.65. The minimum Gasteiger partial charge on any atom is -0.357 e. The Morgan fingerprint density at radius 3 is 2.51 bits per heavy atom. The Hall–Kier alpha value is -3.15. The van der Waals surface area contributed by atoms with Crippen molar-refractivity contribution in [1.82, 2.24) is 9.88 Å². The van der Waals surface area contributed by atoms with Crippen molar-refractivity contribution in [3.63, 3.8) is 0 Å². The number of carbonyl (C=O) groups is 1. The van der Waals surface area contributed by atoms with E-state index in [2.05, 4.69) is 15.2 Å². The van der Waals surface area contributed by atoms with Crippen LogP contribution in [0.5, 0.6) is 0 Å². The van der Waals surface area contributed by atoms with E-state index in [4.69, 9.17) is 11.6 Å². The number of aromatic nitrogens is 1. The second kappa shape index (κ2) is 9.84. The first-order valence-electron chi connectivity index (χ1n) is 10.4. The molecule has 0 radical (unpaired) electrons. The fraction of sp³-hybridized carbons (Fsp3) is 0.217. The first-order chi connectivity index (χ1) is 16.5. The number of sulfone groups is 1. The van der Waals surface area contributed by atoms with E-state index < -0.39 is 20.2 Å². The highest BCUT2D eigenvalue weighted by atomic mass is 35.5. The van der Waals surface area contributed by atoms with E-state index in [9.17, 15) is 26.4 Å². The number of nitrogens with zero attached hydrogens (tertiary/aromatic N) is 3. The molecule has 7 nitrogen and oxygen atoms in total. The van der Waals surface area contributed by atoms with Gasteiger partial charge in [-0.05, 0) is 54.1 Å². The Morgan fingerprint density at radius 1 is 1.09 bits per heavy atom. The largest absolute Gasteiger partial charge is 0.501 e. The minimum atomic E-state index is -5.38. The summed E-state index contributed by atoms with van der Waals surface area (Å²) in [5, 5.41) is 3.30. The number of benzene rings is 2. The summed E-state index contributed by atoms with van der Waals surface area (Å²) in [6.45, 7) is 2.22. The number of carbonyl (C=O) groups excluding carboxylic acids is 1. The monoisotopic (exact) mass is 524 g/mol. The van der Waals surface area contributed by atoms with Gasteiger partial charge in [-0.15, -0.1) is 0 Å². The molecule has 1 aromatic heterocycles. The third-order valence-corrected chi connectivity index (χ3v) is 7.25. The molecule has 1 aliphatic heterocycles. The van der Waals surface area contributed by atoms with Gasteiger partial charge in [-0.3, -0.25) is 14.7 Å². The Kier molecular flexibility index (Phi) is 7.02. The molecule has 0 saturated carbocycles. The number of nitrogens with one attached hydrogen (secondary N) is 1. The van der Waals surface area contributed by atoms with E-state index in [-0.39, 0.29) is 5.91 Å². The maximum Gasteiger partial charge on any atom is 0.501 e. The van der Waals surface area contributed by atoms with Crippen LogP contribution >= 0.6 is 11.6 Å². The summed E-state index contributed by atoms with van der Waals surface area (Å²) in [6.07, 6.45) is 3.18. The molecule has 0 bridgehead atoms. The number of anilines is 2. The van der Waals surface area contributed by atoms with Crippen LogP contribution in [0, 0.1) is 0 Å². The zero-order chi connectivity index (χ0) is 25.2. The van der Waals surface area contributed by atoms with E-state index >= 15 is 0 Å². The zero-order valence-electron chi connectivity index (χ0n) is 18.2. The lowest BCUT2D eigenvalue weighted by Crippen LogP contribution is -2.26. The molecule has 12 heteroatoms. The van der Waals surface area contributed by atoms with Crippen LogP contribution in [-0.4, -0.2) is 49.5 Å². The molecule has 1 aliphatic rings. The number of pyridine rings is 1. The van der Waals surface area contributed by atoms with E-state index in [1.807, 2.05) is 4.90 Å². The molecule has 3 aromatic rings. The van der Waals surface area contributed by atoms with Crippen molar-refractivity contribution in [2.24, 2.45) is 0 Å². The van der Waals surface area contributed by atoms with Crippen LogP contribution < -0.4 is 10.2 Å². The van der Waals surface area contributed by atoms with E-state index in [0.29, 0.717) is 48.3 Å². The van der Waals surface area contributed by atoms with Gasteiger partial charge in [0.05, 0.1) is 23.4 Å². The SMILES string of the molecule is O=C(Nc1cnccc1CN1CCN(c2ccc(S(=O)(=O)C(F)(F)F)cc2)C1)c1cccc(Cl)c1. The van der Waals surface area contributed by atoms with E-state index in [1.54, 1.807) is 42.7 Å². The van der Waals surface area contributed by atoms with E-state index in [0.717, 1.165) is 17.7 Å². The molecule has 4 rings (SSSR count). The zero-order valence-corrected chi connectivity index (χ0v) is 19.7. The summed E-state index contributed by atoms with van der Waals surface area (Å²) >= 11 is 5.97. The van der Waals surface area contributed by atoms with Gasteiger partial charge < -0.3 is 10.2 Å². The standard InChI is InChI=1S/C23H20ClF3N4O3S/c24-18-3-1-2-16(12-18)22(32)29-21-13-28-9-8-17(21)14-30-10-11-31(15-30)19-4-6-20(7-5-19)35(33,34)23(25,26)27/h1-9,12-13H,10-11,14-15H2,(H,29,32). The summed E-state index contributed by atoms with van der Waals surface area (Å²) in [7, 11) is -5.38. The highest BCUT2D eigenvalue weighted by Crippen LogP contribution is 2.31. The average Bonchev–Trinajstić information content (AvgIpc) is 3.28. The van der Waals surface area contributed by atoms with Crippen LogP contribution in [0.2, 0.25) is 5.02 Å². The van der Waals surface area contributed by atoms with Gasteiger partial charge in [0, 0.05) is 42.1 Å². The van der Waals surface area contributed by atoms with Gasteiger partial charge >= 0.3 is 5.51 Å². The lowest BCUT2D eigenvalue weighted by molar-refractivity contribution is -0.0436. The molecule has 1 N–H and O–H groups in total. The molecular formula is C23H20ClF3N4O3S. The number of hydrogen-bond donors (Lipinski definition) is 1. The molecule has 0 atom stereocenters. The Bertz CT molecular complexity index is 1330. The van der Waals surface area contributed by atoms with Gasteiger partial charge in [0.2, 0.25) is 0 Å². The quantitative estimate of drug-likeness (QED) is 0.509. The Labute approximate surface area is 205 Å². The van der Waals surface area contributed by atoms with Crippen LogP contribution in [-0.2, 0) is 16.4 Å². The highest BCUT2D eigenvalue weighted by Gasteiger charge is 2.46. The molecule has 0 spiro atoms. The summed E-state index contributed by atoms with van der Waals surface area (Å²) in [5.41, 5.74) is -2.93. The van der Waals surface area contributed by atoms with Crippen molar-refractivity contribution in [2.45, 2.75) is 16.9 Å². The van der Waals surface area contributed by atoms with Crippen LogP contribution in [0.4, 0.5) is 24.5 Å². The van der Waals surface area contributed by atoms with Crippen LogP contribution in [0.25, 0.3) is 0 Å². The third kappa shape index (κ3) is 5.58. The molecule has 1 fully saturated rings. The van der Waals surface area contributed by atoms with Crippen molar-refractivity contribution in [3.05, 3.63) is 83.1 Å². The summed E-state index contributed by atoms with van der Waals surface area (Å²) < 4.78 is 61.4. The summed E-state index contributed by atoms with van der Waals surface area (Å²) in [5.74, 6) is -0.321. The number of alkyl halides is 3. The minimum absolute atomic E-state index is 0.321. The van der Waals surface area contributed by atoms with Crippen LogP contribution in [0.3, 0.4) is 0 Å². The molecule has 1 saturated heterocycles. The predicted molar refractivity (Wildman–Crippen MR) is 126 cm³/mol. The molecule has 1 amide bonds. The van der Waals surface area contributed by atoms with Crippen molar-refractivity contribution in [1.29, 1.82) is 0 Å². The van der Waals surface area contributed by atoms with Crippen molar-refractivity contribution < 1.29 is 26.4 Å². The maximum absolute atomic E-state index is 12.8. The third-order valence-electron chi connectivity index (χ3n) is 5.51. The number of halogens is 4. The Balaban J connectivity index is 1.42. The molecule has 2 aromatic carbocycles. The van der Waals surface area contributed by atoms with Crippen molar-refractivity contribution >= 4 is 38.7 Å². The Morgan fingerprint density at radius 2 is 1.83 bits per heavy atom. The first-order valence-corrected chi connectivity index (χ1v) is 12.3. The summed E-state index contributed by atoms with van der Waals surface area (Å²) in [6, 6.07) is 13.0. The van der Waals surface area contributed by atoms with Crippen LogP contribution in [0.1, 0.15) is 15.9 Å². The fourth-order valence-electron chi connectivity index (χ4n) is 3.69. The first kappa shape index (κ1) is 25.0. The van der Waals surface area contributed by atoms with Crippen molar-refractivity contribution in [3.8, 4) is 0 Å². The summed E-state index contributed by atoms with van der Waals surface area (Å²) in [4.78, 5) is 19.9. The number of rotatable bonds is 6. The highest BCUT2D eigenvalue weighted by molar-refractivity contribution is 7.92. The van der Waals surface area contributed by atoms with Gasteiger partial charge in [-0.1, -0.05) is 17.7 Å². The molecule has 35 heavy (non-hydrogen) atoms. The van der Waals surface area contributed by atoms with E-state index in [1.165, 1.54) is 12.1 Å². The molecule has 0 unspecified atom stereocenters. The van der Waals surface area contributed by atoms with Gasteiger partial charge in [-0.25, -0.2) is 8.42 Å². The second-order valence-corrected chi connectivity index (χ2v) is 10.3. The van der Waals surface area contributed by atoms with Gasteiger partial charge in [0.1, 0.15) is 0 Å². The predicted octanol–water partition coefficient (Wildman–Crippen LogP) is 4.56. The van der Waals surface area contributed by atoms with Crippen molar-refractivity contribution in [2.75, 3.05) is 30.0 Å². The average molecular weight is 525 g/mol. The van der Waals surface area contributed by atoms with Gasteiger partial charge in [0.25, 0.3) is 15.7 Å². The van der Waals surface area contributed by atoms with Gasteiger partial charge in [-0.2, -0.15) is 13.2 Å². The number of amides is 1. The molecule has 0 aliphatic carbocycles. The second-order valence-electron chi connectivity index (χ2n) is 7.90. The normalized spacial score (nSPS) is 14.8. The smallest absolute Gasteiger partial charge is 0.357 e. The van der Waals surface area contributed by atoms with Gasteiger partial charge in [0.15, 0.2) is 0 Å². The maximum atomic E-state index is 12.8. The molecular weight excluding hydrogens is 505 g/mol. The van der Waals surface area contributed by atoms with Crippen LogP contribution in [0.15, 0.2) is 71.9 Å². The molecule has 2 heterocycles.